The molecule has 0 spiro atoms. The van der Waals surface area contributed by atoms with Gasteiger partial charge in [-0.25, -0.2) is 0 Å². The number of hydrogen-bond acceptors (Lipinski definition) is 5. The van der Waals surface area contributed by atoms with Gasteiger partial charge in [0, 0.05) is 19.5 Å². The highest BCUT2D eigenvalue weighted by Gasteiger charge is 2.24. The monoisotopic (exact) mass is 626 g/mol. The quantitative estimate of drug-likeness (QED) is 0.154. The summed E-state index contributed by atoms with van der Waals surface area (Å²) in [6.45, 7) is 5.82. The molecule has 8 heteroatoms. The number of Topliss-reactive ketones (excluding diaryl/α,β-unsaturated/α-hetero) is 1. The molecule has 0 atom stereocenters. The molecule has 1 N–H and O–H groups in total. The van der Waals surface area contributed by atoms with E-state index >= 15 is 0 Å². The van der Waals surface area contributed by atoms with Gasteiger partial charge in [-0.05, 0) is 96.4 Å². The molecule has 1 heterocycles. The summed E-state index contributed by atoms with van der Waals surface area (Å²) in [5, 5.41) is 7.52. The number of halogens is 1. The Labute approximate surface area is 238 Å². The smallest absolute Gasteiger partial charge is 0.223 e. The zero-order valence-corrected chi connectivity index (χ0v) is 24.2. The van der Waals surface area contributed by atoms with Gasteiger partial charge in [0.2, 0.25) is 11.7 Å². The summed E-state index contributed by atoms with van der Waals surface area (Å²) in [4.78, 5) is 29.2. The Balaban J connectivity index is 1.33. The van der Waals surface area contributed by atoms with Gasteiger partial charge in [0.25, 0.3) is 0 Å². The van der Waals surface area contributed by atoms with E-state index in [-0.39, 0.29) is 11.7 Å². The second-order valence-electron chi connectivity index (χ2n) is 9.91. The van der Waals surface area contributed by atoms with E-state index in [1.165, 1.54) is 6.21 Å². The molecule has 3 aromatic rings. The molecule has 0 bridgehead atoms. The number of ketones is 1. The van der Waals surface area contributed by atoms with Crippen molar-refractivity contribution < 1.29 is 14.3 Å². The second-order valence-corrected chi connectivity index (χ2v) is 11.1. The maximum atomic E-state index is 13.1. The van der Waals surface area contributed by atoms with E-state index < -0.39 is 0 Å². The highest BCUT2D eigenvalue weighted by molar-refractivity contribution is 14.1. The van der Waals surface area contributed by atoms with Crippen molar-refractivity contribution in [3.8, 4) is 5.75 Å². The Morgan fingerprint density at radius 2 is 1.87 bits per heavy atom. The molecule has 0 unspecified atom stereocenters. The number of aryl methyl sites for hydroxylation is 1. The maximum Gasteiger partial charge on any atom is 0.223 e. The Hall–Kier alpha value is -3.01. The van der Waals surface area contributed by atoms with Crippen LogP contribution in [0.15, 0.2) is 59.7 Å². The van der Waals surface area contributed by atoms with E-state index in [1.54, 1.807) is 6.20 Å². The molecule has 200 valence electrons. The minimum Gasteiger partial charge on any atom is -0.489 e. The van der Waals surface area contributed by atoms with Gasteiger partial charge in [-0.15, -0.1) is 0 Å². The average molecular weight is 627 g/mol. The minimum absolute atomic E-state index is 0.116. The van der Waals surface area contributed by atoms with Gasteiger partial charge in [-0.3, -0.25) is 19.3 Å². The lowest BCUT2D eigenvalue weighted by atomic mass is 9.82. The van der Waals surface area contributed by atoms with Gasteiger partial charge >= 0.3 is 0 Å². The van der Waals surface area contributed by atoms with Crippen molar-refractivity contribution in [3.05, 3.63) is 75.1 Å². The first-order chi connectivity index (χ1) is 18.4. The molecular weight excluding hydrogens is 591 g/mol. The average Bonchev–Trinajstić information content (AvgIpc) is 3.30. The largest absolute Gasteiger partial charge is 0.489 e. The maximum absolute atomic E-state index is 13.1. The van der Waals surface area contributed by atoms with Crippen LogP contribution in [0.5, 0.6) is 5.75 Å². The van der Waals surface area contributed by atoms with Crippen molar-refractivity contribution in [1.82, 2.24) is 15.1 Å². The molecule has 1 amide bonds. The number of carbonyl (C=O) groups excluding carboxylic acids is 2. The standard InChI is InChI=1S/C30H35IN4O3/c1-3-29(37)33-16-22-9-11-23(12-10-22)19-35-30(26(31)17-34-35)28(36)18-32-27-14-13-25(15-21(27)2)38-20-24-7-5-4-6-8-24/h4-8,13-15,17-18,22-23H,3,9-12,16,19-20H2,1-2H3,(H,33,37). The normalized spacial score (nSPS) is 17.4. The lowest BCUT2D eigenvalue weighted by Crippen LogP contribution is -2.31. The Bertz CT molecular complexity index is 1260. The van der Waals surface area contributed by atoms with E-state index in [4.69, 9.17) is 4.74 Å². The highest BCUT2D eigenvalue weighted by Crippen LogP contribution is 2.30. The summed E-state index contributed by atoms with van der Waals surface area (Å²) in [5.41, 5.74) is 3.37. The van der Waals surface area contributed by atoms with Gasteiger partial charge in [-0.1, -0.05) is 37.3 Å². The van der Waals surface area contributed by atoms with Crippen LogP contribution in [0.3, 0.4) is 0 Å². The molecule has 4 rings (SSSR count). The van der Waals surface area contributed by atoms with Crippen molar-refractivity contribution in [2.45, 2.75) is 59.1 Å². The van der Waals surface area contributed by atoms with Crippen LogP contribution in [0.25, 0.3) is 0 Å². The number of ether oxygens (including phenoxy) is 1. The second kappa shape index (κ2) is 13.7. The van der Waals surface area contributed by atoms with Crippen LogP contribution in [-0.2, 0) is 17.9 Å². The summed E-state index contributed by atoms with van der Waals surface area (Å²) < 4.78 is 8.57. The number of benzene rings is 2. The number of nitrogens with zero attached hydrogens (tertiary/aromatic N) is 3. The lowest BCUT2D eigenvalue weighted by molar-refractivity contribution is -0.121. The van der Waals surface area contributed by atoms with Crippen LogP contribution in [0, 0.1) is 22.3 Å². The third kappa shape index (κ3) is 7.75. The van der Waals surface area contributed by atoms with Crippen LogP contribution in [0.2, 0.25) is 0 Å². The van der Waals surface area contributed by atoms with Crippen molar-refractivity contribution >= 4 is 46.2 Å². The van der Waals surface area contributed by atoms with Gasteiger partial charge in [0.05, 0.1) is 21.7 Å². The van der Waals surface area contributed by atoms with E-state index in [2.05, 4.69) is 38.0 Å². The number of nitrogens with one attached hydrogen (secondary N) is 1. The number of hydrogen-bond donors (Lipinski definition) is 1. The third-order valence-electron chi connectivity index (χ3n) is 7.07. The minimum atomic E-state index is -0.147. The number of aliphatic imine (C=N–C) groups is 1. The van der Waals surface area contributed by atoms with Gasteiger partial charge in [0.1, 0.15) is 18.1 Å². The first-order valence-electron chi connectivity index (χ1n) is 13.3. The third-order valence-corrected chi connectivity index (χ3v) is 7.86. The van der Waals surface area contributed by atoms with Crippen LogP contribution >= 0.6 is 22.6 Å². The molecule has 1 aromatic heterocycles. The fourth-order valence-corrected chi connectivity index (χ4v) is 5.45. The summed E-state index contributed by atoms with van der Waals surface area (Å²) in [6.07, 6.45) is 7.99. The van der Waals surface area contributed by atoms with Gasteiger partial charge in [0.15, 0.2) is 0 Å². The van der Waals surface area contributed by atoms with Gasteiger partial charge in [-0.2, -0.15) is 5.10 Å². The number of aromatic nitrogens is 2. The topological polar surface area (TPSA) is 85.6 Å². The van der Waals surface area contributed by atoms with Crippen LogP contribution < -0.4 is 10.1 Å². The van der Waals surface area contributed by atoms with Crippen molar-refractivity contribution in [2.24, 2.45) is 16.8 Å². The summed E-state index contributed by atoms with van der Waals surface area (Å²) in [5.74, 6) is 1.74. The zero-order chi connectivity index (χ0) is 26.9. The fraction of sp³-hybridized carbons (Fsp3) is 0.400. The van der Waals surface area contributed by atoms with Crippen LogP contribution in [0.1, 0.15) is 60.6 Å². The van der Waals surface area contributed by atoms with E-state index in [1.807, 2.05) is 67.1 Å². The first kappa shape index (κ1) is 28.0. The zero-order valence-electron chi connectivity index (χ0n) is 22.0. The SMILES string of the molecule is CCC(=O)NCC1CCC(Cn2ncc(I)c2C(=O)C=Nc2ccc(OCc3ccccc3)cc2C)CC1. The lowest BCUT2D eigenvalue weighted by Gasteiger charge is -2.28. The Kier molecular flexibility index (Phi) is 10.1. The van der Waals surface area contributed by atoms with E-state index in [9.17, 15) is 9.59 Å². The molecular formula is C30H35IN4O3. The summed E-state index contributed by atoms with van der Waals surface area (Å²) in [7, 11) is 0. The molecule has 1 aliphatic rings. The molecule has 38 heavy (non-hydrogen) atoms. The van der Waals surface area contributed by atoms with Crippen LogP contribution in [-0.4, -0.2) is 34.2 Å². The number of amides is 1. The molecule has 1 aliphatic carbocycles. The van der Waals surface area contributed by atoms with Crippen molar-refractivity contribution in [1.29, 1.82) is 0 Å². The predicted octanol–water partition coefficient (Wildman–Crippen LogP) is 6.29. The fourth-order valence-electron chi connectivity index (χ4n) is 4.78. The van der Waals surface area contributed by atoms with Crippen molar-refractivity contribution in [3.63, 3.8) is 0 Å². The highest BCUT2D eigenvalue weighted by atomic mass is 127. The molecule has 0 radical (unpaired) electrons. The molecule has 1 fully saturated rings. The molecule has 0 aliphatic heterocycles. The Morgan fingerprint density at radius 3 is 2.58 bits per heavy atom. The number of rotatable bonds is 11. The van der Waals surface area contributed by atoms with E-state index in [0.717, 1.165) is 64.9 Å². The predicted molar refractivity (Wildman–Crippen MR) is 158 cm³/mol. The first-order valence-corrected chi connectivity index (χ1v) is 14.3. The van der Waals surface area contributed by atoms with Crippen LogP contribution in [0.4, 0.5) is 5.69 Å². The van der Waals surface area contributed by atoms with Crippen molar-refractivity contribution in [2.75, 3.05) is 6.54 Å². The molecule has 2 aromatic carbocycles. The van der Waals surface area contributed by atoms with Gasteiger partial charge < -0.3 is 10.1 Å². The summed E-state index contributed by atoms with van der Waals surface area (Å²) >= 11 is 2.17. The summed E-state index contributed by atoms with van der Waals surface area (Å²) in [6, 6.07) is 15.7. The molecule has 1 saturated carbocycles. The Morgan fingerprint density at radius 1 is 1.13 bits per heavy atom. The number of carbonyl (C=O) groups is 2. The molecule has 7 nitrogen and oxygen atoms in total. The molecule has 0 saturated heterocycles. The van der Waals surface area contributed by atoms with E-state index in [0.29, 0.717) is 30.6 Å².